The summed E-state index contributed by atoms with van der Waals surface area (Å²) in [6.45, 7) is 0.767. The third-order valence-corrected chi connectivity index (χ3v) is 4.70. The van der Waals surface area contributed by atoms with Crippen LogP contribution in [0.15, 0.2) is 42.5 Å². The van der Waals surface area contributed by atoms with Crippen molar-refractivity contribution >= 4 is 35.1 Å². The van der Waals surface area contributed by atoms with Crippen LogP contribution < -0.4 is 4.74 Å². The molecule has 26 heavy (non-hydrogen) atoms. The quantitative estimate of drug-likeness (QED) is 0.804. The molecule has 0 saturated carbocycles. The van der Waals surface area contributed by atoms with Crippen LogP contribution in [0.3, 0.4) is 0 Å². The normalized spacial score (nSPS) is 16.8. The fourth-order valence-corrected chi connectivity index (χ4v) is 3.30. The predicted octanol–water partition coefficient (Wildman–Crippen LogP) is 4.01. The maximum absolute atomic E-state index is 12.1. The largest absolute Gasteiger partial charge is 0.489 e. The summed E-state index contributed by atoms with van der Waals surface area (Å²) in [7, 11) is 0. The average molecular weight is 394 g/mol. The summed E-state index contributed by atoms with van der Waals surface area (Å²) < 4.78 is 5.88. The molecular formula is C19H17Cl2NO4. The number of halogens is 2. The molecule has 1 aliphatic rings. The molecule has 2 aromatic carbocycles. The van der Waals surface area contributed by atoms with Crippen molar-refractivity contribution in [1.82, 2.24) is 4.90 Å². The molecule has 1 fully saturated rings. The molecule has 0 radical (unpaired) electrons. The van der Waals surface area contributed by atoms with Crippen LogP contribution >= 0.6 is 23.2 Å². The molecule has 1 aliphatic heterocycles. The van der Waals surface area contributed by atoms with Gasteiger partial charge in [-0.05, 0) is 35.9 Å². The first-order valence-corrected chi connectivity index (χ1v) is 8.84. The molecule has 1 amide bonds. The molecule has 1 saturated heterocycles. The number of likely N-dealkylation sites (tertiary alicyclic amines) is 1. The Morgan fingerprint density at radius 1 is 1.19 bits per heavy atom. The molecule has 1 atom stereocenters. The summed E-state index contributed by atoms with van der Waals surface area (Å²) in [5, 5.41) is 10.3. The number of hydrogen-bond acceptors (Lipinski definition) is 3. The van der Waals surface area contributed by atoms with E-state index in [1.165, 1.54) is 4.90 Å². The van der Waals surface area contributed by atoms with Crippen molar-refractivity contribution in [1.29, 1.82) is 0 Å². The molecular weight excluding hydrogens is 377 g/mol. The van der Waals surface area contributed by atoms with Gasteiger partial charge in [0.2, 0.25) is 5.91 Å². The average Bonchev–Trinajstić information content (AvgIpc) is 2.95. The second-order valence-corrected chi connectivity index (χ2v) is 7.06. The summed E-state index contributed by atoms with van der Waals surface area (Å²) in [5.74, 6) is -1.21. The Morgan fingerprint density at radius 2 is 1.96 bits per heavy atom. The first-order valence-electron chi connectivity index (χ1n) is 8.08. The van der Waals surface area contributed by atoms with Gasteiger partial charge in [0.25, 0.3) is 0 Å². The monoisotopic (exact) mass is 393 g/mol. The van der Waals surface area contributed by atoms with E-state index in [9.17, 15) is 9.59 Å². The number of carbonyl (C=O) groups excluding carboxylic acids is 1. The zero-order valence-electron chi connectivity index (χ0n) is 13.8. The standard InChI is InChI=1S/C19H17Cl2NO4/c20-15-3-1-2-12(6-15)11-26-17-5-4-16(21)7-13(17)9-22-10-14(19(24)25)8-18(22)23/h1-7,14H,8-11H2,(H,24,25). The maximum atomic E-state index is 12.1. The van der Waals surface area contributed by atoms with E-state index in [-0.39, 0.29) is 25.4 Å². The van der Waals surface area contributed by atoms with Crippen molar-refractivity contribution in [2.75, 3.05) is 6.54 Å². The van der Waals surface area contributed by atoms with Crippen molar-refractivity contribution in [3.05, 3.63) is 63.6 Å². The fourth-order valence-electron chi connectivity index (χ4n) is 2.90. The highest BCUT2D eigenvalue weighted by atomic mass is 35.5. The van der Waals surface area contributed by atoms with Crippen molar-refractivity contribution < 1.29 is 19.4 Å². The molecule has 0 aliphatic carbocycles. The lowest BCUT2D eigenvalue weighted by Gasteiger charge is -2.19. The molecule has 7 heteroatoms. The van der Waals surface area contributed by atoms with Gasteiger partial charge in [0.1, 0.15) is 12.4 Å². The lowest BCUT2D eigenvalue weighted by Crippen LogP contribution is -2.26. The summed E-state index contributed by atoms with van der Waals surface area (Å²) in [5.41, 5.74) is 1.65. The van der Waals surface area contributed by atoms with Crippen molar-refractivity contribution in [2.24, 2.45) is 5.92 Å². The number of benzene rings is 2. The van der Waals surface area contributed by atoms with Crippen molar-refractivity contribution in [3.63, 3.8) is 0 Å². The highest BCUT2D eigenvalue weighted by molar-refractivity contribution is 6.30. The number of carboxylic acid groups (broad SMARTS) is 1. The Kier molecular flexibility index (Phi) is 5.69. The van der Waals surface area contributed by atoms with Crippen LogP contribution in [0.2, 0.25) is 10.0 Å². The molecule has 0 aromatic heterocycles. The van der Waals surface area contributed by atoms with E-state index in [1.807, 2.05) is 18.2 Å². The molecule has 1 N–H and O–H groups in total. The van der Waals surface area contributed by atoms with E-state index in [0.29, 0.717) is 22.4 Å². The molecule has 1 unspecified atom stereocenters. The maximum Gasteiger partial charge on any atom is 0.308 e. The highest BCUT2D eigenvalue weighted by Crippen LogP contribution is 2.28. The van der Waals surface area contributed by atoms with Crippen LogP contribution in [0.5, 0.6) is 5.75 Å². The zero-order valence-corrected chi connectivity index (χ0v) is 15.3. The first-order chi connectivity index (χ1) is 12.4. The van der Waals surface area contributed by atoms with E-state index in [1.54, 1.807) is 24.3 Å². The topological polar surface area (TPSA) is 66.8 Å². The van der Waals surface area contributed by atoms with Crippen molar-refractivity contribution in [3.8, 4) is 5.75 Å². The van der Waals surface area contributed by atoms with Gasteiger partial charge < -0.3 is 14.7 Å². The molecule has 3 rings (SSSR count). The minimum atomic E-state index is -0.954. The van der Waals surface area contributed by atoms with Gasteiger partial charge in [-0.3, -0.25) is 9.59 Å². The number of nitrogens with zero attached hydrogens (tertiary/aromatic N) is 1. The number of hydrogen-bond donors (Lipinski definition) is 1. The Hall–Kier alpha value is -2.24. The van der Waals surface area contributed by atoms with Crippen LogP contribution in [-0.2, 0) is 22.7 Å². The van der Waals surface area contributed by atoms with Gasteiger partial charge in [-0.25, -0.2) is 0 Å². The summed E-state index contributed by atoms with van der Waals surface area (Å²) in [6.07, 6.45) is 0.0224. The Labute approximate surface area is 161 Å². The number of aliphatic carboxylic acids is 1. The Morgan fingerprint density at radius 3 is 2.65 bits per heavy atom. The van der Waals surface area contributed by atoms with Crippen LogP contribution in [0, 0.1) is 5.92 Å². The number of carboxylic acids is 1. The van der Waals surface area contributed by atoms with Crippen LogP contribution in [0.4, 0.5) is 0 Å². The Bertz CT molecular complexity index is 840. The van der Waals surface area contributed by atoms with Crippen LogP contribution in [0.25, 0.3) is 0 Å². The van der Waals surface area contributed by atoms with Gasteiger partial charge in [0.15, 0.2) is 0 Å². The van der Waals surface area contributed by atoms with E-state index in [0.717, 1.165) is 11.1 Å². The second kappa shape index (κ2) is 7.98. The molecule has 0 bridgehead atoms. The molecule has 2 aromatic rings. The first kappa shape index (κ1) is 18.5. The number of carbonyl (C=O) groups is 2. The fraction of sp³-hybridized carbons (Fsp3) is 0.263. The summed E-state index contributed by atoms with van der Waals surface area (Å²) in [4.78, 5) is 24.7. The van der Waals surface area contributed by atoms with E-state index in [4.69, 9.17) is 33.0 Å². The van der Waals surface area contributed by atoms with E-state index in [2.05, 4.69) is 0 Å². The molecule has 1 heterocycles. The SMILES string of the molecule is O=C(O)C1CC(=O)N(Cc2cc(Cl)ccc2OCc2cccc(Cl)c2)C1. The summed E-state index contributed by atoms with van der Waals surface area (Å²) >= 11 is 12.1. The minimum absolute atomic E-state index is 0.0224. The smallest absolute Gasteiger partial charge is 0.308 e. The number of rotatable bonds is 6. The van der Waals surface area contributed by atoms with Crippen molar-refractivity contribution in [2.45, 2.75) is 19.6 Å². The lowest BCUT2D eigenvalue weighted by atomic mass is 10.1. The van der Waals surface area contributed by atoms with Gasteiger partial charge >= 0.3 is 5.97 Å². The summed E-state index contributed by atoms with van der Waals surface area (Å²) in [6, 6.07) is 12.6. The van der Waals surface area contributed by atoms with Gasteiger partial charge in [-0.1, -0.05) is 35.3 Å². The molecule has 5 nitrogen and oxygen atoms in total. The number of ether oxygens (including phenoxy) is 1. The van der Waals surface area contributed by atoms with Crippen LogP contribution in [-0.4, -0.2) is 28.4 Å². The zero-order chi connectivity index (χ0) is 18.7. The van der Waals surface area contributed by atoms with Gasteiger partial charge in [0, 0.05) is 35.1 Å². The van der Waals surface area contributed by atoms with E-state index < -0.39 is 11.9 Å². The third-order valence-electron chi connectivity index (χ3n) is 4.23. The minimum Gasteiger partial charge on any atom is -0.489 e. The van der Waals surface area contributed by atoms with Gasteiger partial charge in [-0.2, -0.15) is 0 Å². The second-order valence-electron chi connectivity index (χ2n) is 6.18. The Balaban J connectivity index is 1.74. The van der Waals surface area contributed by atoms with E-state index >= 15 is 0 Å². The highest BCUT2D eigenvalue weighted by Gasteiger charge is 2.34. The third kappa shape index (κ3) is 4.48. The lowest BCUT2D eigenvalue weighted by molar-refractivity contribution is -0.141. The van der Waals surface area contributed by atoms with Crippen LogP contribution in [0.1, 0.15) is 17.5 Å². The predicted molar refractivity (Wildman–Crippen MR) is 98.4 cm³/mol. The van der Waals surface area contributed by atoms with Gasteiger partial charge in [-0.15, -0.1) is 0 Å². The number of amides is 1. The molecule has 136 valence electrons. The van der Waals surface area contributed by atoms with Gasteiger partial charge in [0.05, 0.1) is 5.92 Å². The molecule has 0 spiro atoms.